The minimum Gasteiger partial charge on any atom is -0.478 e. The second kappa shape index (κ2) is 5.28. The molecule has 1 aliphatic heterocycles. The van der Waals surface area contributed by atoms with Gasteiger partial charge in [0.25, 0.3) is 0 Å². The number of morpholine rings is 1. The van der Waals surface area contributed by atoms with Crippen molar-refractivity contribution in [2.45, 2.75) is 11.8 Å². The largest absolute Gasteiger partial charge is 0.478 e. The lowest BCUT2D eigenvalue weighted by Crippen LogP contribution is -2.40. The third-order valence-corrected chi connectivity index (χ3v) is 5.15. The van der Waals surface area contributed by atoms with Crippen LogP contribution in [0.2, 0.25) is 0 Å². The monoisotopic (exact) mass is 285 g/mol. The fourth-order valence-electron chi connectivity index (χ4n) is 2.05. The minimum absolute atomic E-state index is 0.00864. The van der Waals surface area contributed by atoms with Gasteiger partial charge in [-0.05, 0) is 24.6 Å². The number of rotatable bonds is 3. The molecule has 6 nitrogen and oxygen atoms in total. The lowest BCUT2D eigenvalue weighted by Gasteiger charge is -2.26. The number of nitrogens with zero attached hydrogens (tertiary/aromatic N) is 1. The Morgan fingerprint density at radius 3 is 2.53 bits per heavy atom. The number of hydrogen-bond donors (Lipinski definition) is 1. The standard InChI is InChI=1S/C12H15NO5S/c1-9-10(12(14)15)3-2-4-11(9)19(16,17)13-5-7-18-8-6-13/h2-4H,5-8H2,1H3,(H,14,15). The fraction of sp³-hybridized carbons (Fsp3) is 0.417. The molecule has 1 fully saturated rings. The molecule has 0 aliphatic carbocycles. The maximum atomic E-state index is 12.5. The summed E-state index contributed by atoms with van der Waals surface area (Å²) in [5.74, 6) is -1.13. The van der Waals surface area contributed by atoms with Crippen LogP contribution in [0.4, 0.5) is 0 Å². The summed E-state index contributed by atoms with van der Waals surface area (Å²) < 4.78 is 31.4. The van der Waals surface area contributed by atoms with E-state index in [9.17, 15) is 13.2 Å². The zero-order chi connectivity index (χ0) is 14.0. The van der Waals surface area contributed by atoms with E-state index in [-0.39, 0.29) is 16.0 Å². The van der Waals surface area contributed by atoms with Gasteiger partial charge in [-0.3, -0.25) is 0 Å². The predicted molar refractivity (Wildman–Crippen MR) is 67.7 cm³/mol. The zero-order valence-corrected chi connectivity index (χ0v) is 11.3. The second-order valence-electron chi connectivity index (χ2n) is 4.25. The molecule has 19 heavy (non-hydrogen) atoms. The third kappa shape index (κ3) is 2.63. The van der Waals surface area contributed by atoms with Crippen LogP contribution in [0.5, 0.6) is 0 Å². The molecule has 104 valence electrons. The van der Waals surface area contributed by atoms with Crippen LogP contribution < -0.4 is 0 Å². The van der Waals surface area contributed by atoms with Crippen LogP contribution in [0.15, 0.2) is 23.1 Å². The average Bonchev–Trinajstić information content (AvgIpc) is 2.39. The van der Waals surface area contributed by atoms with E-state index >= 15 is 0 Å². The van der Waals surface area contributed by atoms with Gasteiger partial charge in [0.15, 0.2) is 0 Å². The Morgan fingerprint density at radius 2 is 1.95 bits per heavy atom. The Morgan fingerprint density at radius 1 is 1.32 bits per heavy atom. The summed E-state index contributed by atoms with van der Waals surface area (Å²) in [6, 6.07) is 4.28. The van der Waals surface area contributed by atoms with E-state index in [1.165, 1.54) is 29.4 Å². The van der Waals surface area contributed by atoms with E-state index < -0.39 is 16.0 Å². The van der Waals surface area contributed by atoms with E-state index in [1.54, 1.807) is 0 Å². The SMILES string of the molecule is Cc1c(C(=O)O)cccc1S(=O)(=O)N1CCOCC1. The molecule has 1 aromatic rings. The van der Waals surface area contributed by atoms with Crippen molar-refractivity contribution in [3.05, 3.63) is 29.3 Å². The Bertz CT molecular complexity index is 590. The molecule has 7 heteroatoms. The molecule has 0 saturated carbocycles. The van der Waals surface area contributed by atoms with E-state index in [4.69, 9.17) is 9.84 Å². The van der Waals surface area contributed by atoms with Gasteiger partial charge in [0.2, 0.25) is 10.0 Å². The Hall–Kier alpha value is -1.44. The number of benzene rings is 1. The molecular formula is C12H15NO5S. The van der Waals surface area contributed by atoms with Gasteiger partial charge in [-0.25, -0.2) is 13.2 Å². The first-order valence-electron chi connectivity index (χ1n) is 5.85. The molecule has 0 bridgehead atoms. The quantitative estimate of drug-likeness (QED) is 0.884. The number of hydrogen-bond acceptors (Lipinski definition) is 4. The maximum absolute atomic E-state index is 12.5. The van der Waals surface area contributed by atoms with Gasteiger partial charge in [-0.2, -0.15) is 4.31 Å². The predicted octanol–water partition coefficient (Wildman–Crippen LogP) is 0.714. The molecule has 1 N–H and O–H groups in total. The van der Waals surface area contributed by atoms with Crippen LogP contribution >= 0.6 is 0 Å². The molecule has 0 radical (unpaired) electrons. The highest BCUT2D eigenvalue weighted by atomic mass is 32.2. The molecule has 0 spiro atoms. The van der Waals surface area contributed by atoms with Gasteiger partial charge in [-0.15, -0.1) is 0 Å². The van der Waals surface area contributed by atoms with Gasteiger partial charge < -0.3 is 9.84 Å². The summed E-state index contributed by atoms with van der Waals surface area (Å²) in [5, 5.41) is 9.04. The van der Waals surface area contributed by atoms with Crippen LogP contribution in [-0.4, -0.2) is 50.1 Å². The van der Waals surface area contributed by atoms with Crippen molar-refractivity contribution in [2.24, 2.45) is 0 Å². The van der Waals surface area contributed by atoms with Crippen LogP contribution in [0, 0.1) is 6.92 Å². The first-order valence-corrected chi connectivity index (χ1v) is 7.29. The highest BCUT2D eigenvalue weighted by Crippen LogP contribution is 2.23. The normalized spacial score (nSPS) is 17.3. The second-order valence-corrected chi connectivity index (χ2v) is 6.16. The van der Waals surface area contributed by atoms with Crippen molar-refractivity contribution >= 4 is 16.0 Å². The fourth-order valence-corrected chi connectivity index (χ4v) is 3.71. The topological polar surface area (TPSA) is 83.9 Å². The van der Waals surface area contributed by atoms with Gasteiger partial charge in [-0.1, -0.05) is 6.07 Å². The first-order chi connectivity index (χ1) is 8.94. The van der Waals surface area contributed by atoms with Gasteiger partial charge in [0.1, 0.15) is 0 Å². The maximum Gasteiger partial charge on any atom is 0.335 e. The molecule has 0 unspecified atom stereocenters. The van der Waals surface area contributed by atoms with Crippen molar-refractivity contribution in [2.75, 3.05) is 26.3 Å². The lowest BCUT2D eigenvalue weighted by molar-refractivity contribution is 0.0695. The van der Waals surface area contributed by atoms with Crippen molar-refractivity contribution < 1.29 is 23.1 Å². The summed E-state index contributed by atoms with van der Waals surface area (Å²) in [6.45, 7) is 2.81. The van der Waals surface area contributed by atoms with Crippen molar-refractivity contribution in [1.29, 1.82) is 0 Å². The number of carboxylic acids is 1. The van der Waals surface area contributed by atoms with E-state index in [0.29, 0.717) is 26.3 Å². The first kappa shape index (κ1) is 14.0. The summed E-state index contributed by atoms with van der Waals surface area (Å²) in [6.07, 6.45) is 0. The number of ether oxygens (including phenoxy) is 1. The zero-order valence-electron chi connectivity index (χ0n) is 10.5. The van der Waals surface area contributed by atoms with Gasteiger partial charge in [0.05, 0.1) is 23.7 Å². The molecule has 1 aliphatic rings. The number of carboxylic acid groups (broad SMARTS) is 1. The summed E-state index contributed by atoms with van der Waals surface area (Å²) in [5.41, 5.74) is 0.274. The summed E-state index contributed by atoms with van der Waals surface area (Å²) >= 11 is 0. The van der Waals surface area contributed by atoms with Crippen molar-refractivity contribution in [1.82, 2.24) is 4.31 Å². The number of aromatic carboxylic acids is 1. The third-order valence-electron chi connectivity index (χ3n) is 3.10. The Labute approximate surface area is 111 Å². The average molecular weight is 285 g/mol. The molecule has 0 amide bonds. The molecule has 2 rings (SSSR count). The van der Waals surface area contributed by atoms with Crippen LogP contribution in [-0.2, 0) is 14.8 Å². The van der Waals surface area contributed by atoms with Crippen molar-refractivity contribution in [3.8, 4) is 0 Å². The van der Waals surface area contributed by atoms with E-state index in [1.807, 2.05) is 0 Å². The molecule has 0 aromatic heterocycles. The minimum atomic E-state index is -3.66. The Kier molecular flexibility index (Phi) is 3.88. The van der Waals surface area contributed by atoms with Gasteiger partial charge >= 0.3 is 5.97 Å². The Balaban J connectivity index is 2.46. The molecule has 1 saturated heterocycles. The van der Waals surface area contributed by atoms with Crippen LogP contribution in [0.1, 0.15) is 15.9 Å². The lowest BCUT2D eigenvalue weighted by atomic mass is 10.1. The number of sulfonamides is 1. The summed E-state index contributed by atoms with van der Waals surface area (Å²) in [4.78, 5) is 11.1. The molecule has 1 aromatic carbocycles. The van der Waals surface area contributed by atoms with E-state index in [0.717, 1.165) is 0 Å². The molecule has 0 atom stereocenters. The van der Waals surface area contributed by atoms with Crippen molar-refractivity contribution in [3.63, 3.8) is 0 Å². The highest BCUT2D eigenvalue weighted by Gasteiger charge is 2.28. The van der Waals surface area contributed by atoms with Gasteiger partial charge in [0, 0.05) is 13.1 Å². The summed E-state index contributed by atoms with van der Waals surface area (Å²) in [7, 11) is -3.66. The number of carbonyl (C=O) groups is 1. The highest BCUT2D eigenvalue weighted by molar-refractivity contribution is 7.89. The molecular weight excluding hydrogens is 270 g/mol. The van der Waals surface area contributed by atoms with E-state index in [2.05, 4.69) is 0 Å². The smallest absolute Gasteiger partial charge is 0.335 e. The van der Waals surface area contributed by atoms with Crippen LogP contribution in [0.25, 0.3) is 0 Å². The molecule has 1 heterocycles. The van der Waals surface area contributed by atoms with Crippen LogP contribution in [0.3, 0.4) is 0 Å².